The van der Waals surface area contributed by atoms with Gasteiger partial charge in [-0.25, -0.2) is 0 Å². The Kier molecular flexibility index (Phi) is 3.16. The Bertz CT molecular complexity index is 304. The number of aliphatic hydroxyl groups is 1. The van der Waals surface area contributed by atoms with Crippen molar-refractivity contribution in [3.8, 4) is 0 Å². The van der Waals surface area contributed by atoms with Crippen molar-refractivity contribution in [2.75, 3.05) is 18.5 Å². The first-order valence-corrected chi connectivity index (χ1v) is 4.79. The molecule has 0 spiro atoms. The van der Waals surface area contributed by atoms with Crippen molar-refractivity contribution < 1.29 is 5.11 Å². The quantitative estimate of drug-likeness (QED) is 0.761. The minimum absolute atomic E-state index is 0.0950. The fourth-order valence-electron chi connectivity index (χ4n) is 1.16. The van der Waals surface area contributed by atoms with E-state index >= 15 is 0 Å². The standard InChI is InChI=1S/C10H19N3O/c1-8-9(5-13(4)12-8)11-6-10(2,3)7-14/h5,11,14H,6-7H2,1-4H3. The van der Waals surface area contributed by atoms with Crippen molar-refractivity contribution in [3.05, 3.63) is 11.9 Å². The number of nitrogens with one attached hydrogen (secondary N) is 1. The van der Waals surface area contributed by atoms with Gasteiger partial charge in [-0.05, 0) is 6.92 Å². The molecule has 2 N–H and O–H groups in total. The van der Waals surface area contributed by atoms with E-state index in [0.717, 1.165) is 17.9 Å². The average molecular weight is 197 g/mol. The minimum Gasteiger partial charge on any atom is -0.396 e. The summed E-state index contributed by atoms with van der Waals surface area (Å²) in [6.07, 6.45) is 1.95. The van der Waals surface area contributed by atoms with E-state index in [4.69, 9.17) is 5.11 Å². The van der Waals surface area contributed by atoms with Crippen LogP contribution in [-0.2, 0) is 7.05 Å². The number of aliphatic hydroxyl groups excluding tert-OH is 1. The Morgan fingerprint density at radius 1 is 1.57 bits per heavy atom. The molecule has 1 heterocycles. The highest BCUT2D eigenvalue weighted by molar-refractivity contribution is 5.45. The van der Waals surface area contributed by atoms with Gasteiger partial charge in [-0.1, -0.05) is 13.8 Å². The summed E-state index contributed by atoms with van der Waals surface area (Å²) in [4.78, 5) is 0. The van der Waals surface area contributed by atoms with Crippen molar-refractivity contribution in [2.24, 2.45) is 12.5 Å². The highest BCUT2D eigenvalue weighted by Gasteiger charge is 2.16. The van der Waals surface area contributed by atoms with Crippen LogP contribution in [0.1, 0.15) is 19.5 Å². The van der Waals surface area contributed by atoms with Gasteiger partial charge < -0.3 is 10.4 Å². The fourth-order valence-corrected chi connectivity index (χ4v) is 1.16. The first-order chi connectivity index (χ1) is 6.44. The number of nitrogens with zero attached hydrogens (tertiary/aromatic N) is 2. The normalized spacial score (nSPS) is 11.8. The van der Waals surface area contributed by atoms with E-state index in [2.05, 4.69) is 10.4 Å². The molecule has 0 saturated carbocycles. The maximum atomic E-state index is 9.09. The second-order valence-electron chi connectivity index (χ2n) is 4.48. The molecule has 0 atom stereocenters. The molecule has 80 valence electrons. The van der Waals surface area contributed by atoms with Gasteiger partial charge in [-0.2, -0.15) is 5.10 Å². The van der Waals surface area contributed by atoms with E-state index in [1.54, 1.807) is 4.68 Å². The zero-order valence-electron chi connectivity index (χ0n) is 9.33. The third-order valence-electron chi connectivity index (χ3n) is 2.20. The summed E-state index contributed by atoms with van der Waals surface area (Å²) in [7, 11) is 1.90. The maximum absolute atomic E-state index is 9.09. The van der Waals surface area contributed by atoms with E-state index in [0.29, 0.717) is 0 Å². The molecule has 4 nitrogen and oxygen atoms in total. The first kappa shape index (κ1) is 11.0. The number of rotatable bonds is 4. The van der Waals surface area contributed by atoms with Crippen LogP contribution in [0, 0.1) is 12.3 Å². The van der Waals surface area contributed by atoms with Crippen LogP contribution in [0.4, 0.5) is 5.69 Å². The molecule has 0 aliphatic heterocycles. The number of anilines is 1. The lowest BCUT2D eigenvalue weighted by molar-refractivity contribution is 0.171. The number of aryl methyl sites for hydroxylation is 2. The Hall–Kier alpha value is -1.03. The fraction of sp³-hybridized carbons (Fsp3) is 0.700. The van der Waals surface area contributed by atoms with Crippen molar-refractivity contribution in [3.63, 3.8) is 0 Å². The maximum Gasteiger partial charge on any atom is 0.0824 e. The van der Waals surface area contributed by atoms with Gasteiger partial charge in [0.25, 0.3) is 0 Å². The molecule has 0 saturated heterocycles. The molecular formula is C10H19N3O. The van der Waals surface area contributed by atoms with Crippen LogP contribution in [0.15, 0.2) is 6.20 Å². The highest BCUT2D eigenvalue weighted by Crippen LogP contribution is 2.17. The van der Waals surface area contributed by atoms with Crippen LogP contribution < -0.4 is 5.32 Å². The molecule has 14 heavy (non-hydrogen) atoms. The van der Waals surface area contributed by atoms with E-state index in [9.17, 15) is 0 Å². The summed E-state index contributed by atoms with van der Waals surface area (Å²) in [5.41, 5.74) is 1.93. The molecule has 0 bridgehead atoms. The summed E-state index contributed by atoms with van der Waals surface area (Å²) in [6.45, 7) is 6.93. The third-order valence-corrected chi connectivity index (χ3v) is 2.20. The average Bonchev–Trinajstić information content (AvgIpc) is 2.42. The van der Waals surface area contributed by atoms with Crippen molar-refractivity contribution in [1.82, 2.24) is 9.78 Å². The molecule has 4 heteroatoms. The van der Waals surface area contributed by atoms with E-state index in [-0.39, 0.29) is 12.0 Å². The predicted octanol–water partition coefficient (Wildman–Crippen LogP) is 1.16. The molecule has 1 aromatic heterocycles. The van der Waals surface area contributed by atoms with Crippen LogP contribution >= 0.6 is 0 Å². The Labute approximate surface area is 84.9 Å². The summed E-state index contributed by atoms with van der Waals surface area (Å²) in [6, 6.07) is 0. The minimum atomic E-state index is -0.0950. The lowest BCUT2D eigenvalue weighted by atomic mass is 9.95. The van der Waals surface area contributed by atoms with Gasteiger partial charge in [0.05, 0.1) is 11.4 Å². The zero-order chi connectivity index (χ0) is 10.8. The molecule has 0 aliphatic carbocycles. The van der Waals surface area contributed by atoms with Gasteiger partial charge in [-0.15, -0.1) is 0 Å². The number of hydrogen-bond acceptors (Lipinski definition) is 3. The number of hydrogen-bond donors (Lipinski definition) is 2. The Balaban J connectivity index is 2.58. The SMILES string of the molecule is Cc1nn(C)cc1NCC(C)(C)CO. The third kappa shape index (κ3) is 2.73. The van der Waals surface area contributed by atoms with Gasteiger partial charge in [0, 0.05) is 31.8 Å². The number of aromatic nitrogens is 2. The molecule has 1 rings (SSSR count). The largest absolute Gasteiger partial charge is 0.396 e. The predicted molar refractivity (Wildman–Crippen MR) is 57.3 cm³/mol. The lowest BCUT2D eigenvalue weighted by Gasteiger charge is -2.22. The summed E-state index contributed by atoms with van der Waals surface area (Å²) in [5, 5.41) is 16.6. The topological polar surface area (TPSA) is 50.1 Å². The molecule has 0 aliphatic rings. The zero-order valence-corrected chi connectivity index (χ0v) is 9.33. The molecule has 1 aromatic rings. The van der Waals surface area contributed by atoms with Gasteiger partial charge >= 0.3 is 0 Å². The Morgan fingerprint density at radius 3 is 2.64 bits per heavy atom. The summed E-state index contributed by atoms with van der Waals surface area (Å²) in [5.74, 6) is 0. The van der Waals surface area contributed by atoms with Gasteiger partial charge in [0.15, 0.2) is 0 Å². The van der Waals surface area contributed by atoms with Gasteiger partial charge in [0.2, 0.25) is 0 Å². The highest BCUT2D eigenvalue weighted by atomic mass is 16.3. The van der Waals surface area contributed by atoms with Gasteiger partial charge in [0.1, 0.15) is 0 Å². The van der Waals surface area contributed by atoms with Crippen LogP contribution in [0.25, 0.3) is 0 Å². The van der Waals surface area contributed by atoms with Crippen molar-refractivity contribution in [2.45, 2.75) is 20.8 Å². The summed E-state index contributed by atoms with van der Waals surface area (Å²) >= 11 is 0. The molecule has 0 amide bonds. The van der Waals surface area contributed by atoms with E-state index in [1.165, 1.54) is 0 Å². The molecule has 0 radical (unpaired) electrons. The Morgan fingerprint density at radius 2 is 2.21 bits per heavy atom. The second-order valence-corrected chi connectivity index (χ2v) is 4.48. The second kappa shape index (κ2) is 4.00. The lowest BCUT2D eigenvalue weighted by Crippen LogP contribution is -2.26. The molecule has 0 aromatic carbocycles. The molecule has 0 fully saturated rings. The summed E-state index contributed by atoms with van der Waals surface area (Å²) < 4.78 is 1.78. The van der Waals surface area contributed by atoms with Crippen molar-refractivity contribution in [1.29, 1.82) is 0 Å². The van der Waals surface area contributed by atoms with Crippen LogP contribution in [0.2, 0.25) is 0 Å². The first-order valence-electron chi connectivity index (χ1n) is 4.79. The van der Waals surface area contributed by atoms with Gasteiger partial charge in [-0.3, -0.25) is 4.68 Å². The van der Waals surface area contributed by atoms with Crippen LogP contribution in [0.5, 0.6) is 0 Å². The van der Waals surface area contributed by atoms with Crippen LogP contribution in [-0.4, -0.2) is 28.0 Å². The molecule has 0 unspecified atom stereocenters. The van der Waals surface area contributed by atoms with E-state index < -0.39 is 0 Å². The van der Waals surface area contributed by atoms with Crippen LogP contribution in [0.3, 0.4) is 0 Å². The van der Waals surface area contributed by atoms with Crippen molar-refractivity contribution >= 4 is 5.69 Å². The smallest absolute Gasteiger partial charge is 0.0824 e. The monoisotopic (exact) mass is 197 g/mol. The molecular weight excluding hydrogens is 178 g/mol. The van der Waals surface area contributed by atoms with E-state index in [1.807, 2.05) is 34.0 Å².